The molecule has 0 bridgehead atoms. The number of nitrogens with zero attached hydrogens (tertiary/aromatic N) is 3. The van der Waals surface area contributed by atoms with Crippen molar-refractivity contribution in [1.29, 1.82) is 0 Å². The number of rotatable bonds is 3. The van der Waals surface area contributed by atoms with Crippen molar-refractivity contribution in [3.63, 3.8) is 0 Å². The van der Waals surface area contributed by atoms with Crippen LogP contribution in [0.3, 0.4) is 0 Å². The Morgan fingerprint density at radius 3 is 2.78 bits per heavy atom. The summed E-state index contributed by atoms with van der Waals surface area (Å²) >= 11 is 0. The highest BCUT2D eigenvalue weighted by Crippen LogP contribution is 2.28. The molecular weight excluding hydrogens is 288 g/mol. The third-order valence-corrected chi connectivity index (χ3v) is 4.69. The molecule has 1 aliphatic heterocycles. The summed E-state index contributed by atoms with van der Waals surface area (Å²) in [7, 11) is 3.54. The number of hydrogen-bond donors (Lipinski definition) is 1. The zero-order chi connectivity index (χ0) is 16.2. The first kappa shape index (κ1) is 15.8. The molecule has 1 aromatic rings. The third kappa shape index (κ3) is 3.66. The number of para-hydroxylation sites is 1. The molecule has 1 heterocycles. The number of guanidine groups is 1. The summed E-state index contributed by atoms with van der Waals surface area (Å²) in [5.74, 6) is 0.889. The summed E-state index contributed by atoms with van der Waals surface area (Å²) in [4.78, 5) is 20.4. The van der Waals surface area contributed by atoms with E-state index in [-0.39, 0.29) is 12.5 Å². The van der Waals surface area contributed by atoms with E-state index in [0.29, 0.717) is 6.04 Å². The van der Waals surface area contributed by atoms with Gasteiger partial charge in [-0.1, -0.05) is 31.0 Å². The zero-order valence-corrected chi connectivity index (χ0v) is 14.1. The number of anilines is 1. The fourth-order valence-electron chi connectivity index (χ4n) is 3.30. The molecule has 0 saturated heterocycles. The SMILES string of the molecule is CN(C)C(=O)CN=C(NC1CCCC1)N1CCc2ccccc21. The molecule has 0 spiro atoms. The van der Waals surface area contributed by atoms with E-state index in [1.165, 1.54) is 36.9 Å². The molecule has 1 amide bonds. The van der Waals surface area contributed by atoms with E-state index in [1.807, 2.05) is 0 Å². The van der Waals surface area contributed by atoms with E-state index in [9.17, 15) is 4.79 Å². The molecule has 2 aliphatic rings. The van der Waals surface area contributed by atoms with E-state index in [1.54, 1.807) is 19.0 Å². The lowest BCUT2D eigenvalue weighted by Crippen LogP contribution is -2.45. The Kier molecular flexibility index (Phi) is 4.84. The van der Waals surface area contributed by atoms with Gasteiger partial charge in [-0.25, -0.2) is 4.99 Å². The van der Waals surface area contributed by atoms with Crippen LogP contribution in [-0.4, -0.2) is 50.0 Å². The van der Waals surface area contributed by atoms with Crippen molar-refractivity contribution in [2.75, 3.05) is 32.1 Å². The van der Waals surface area contributed by atoms with Crippen LogP contribution in [0.1, 0.15) is 31.2 Å². The molecule has 0 unspecified atom stereocenters. The van der Waals surface area contributed by atoms with Gasteiger partial charge in [-0.2, -0.15) is 0 Å². The highest BCUT2D eigenvalue weighted by atomic mass is 16.2. The average molecular weight is 314 g/mol. The van der Waals surface area contributed by atoms with Crippen molar-refractivity contribution in [2.45, 2.75) is 38.1 Å². The van der Waals surface area contributed by atoms with E-state index < -0.39 is 0 Å². The first-order valence-corrected chi connectivity index (χ1v) is 8.52. The molecule has 124 valence electrons. The number of likely N-dealkylation sites (N-methyl/N-ethyl adjacent to an activating group) is 1. The Hall–Kier alpha value is -2.04. The highest BCUT2D eigenvalue weighted by Gasteiger charge is 2.25. The summed E-state index contributed by atoms with van der Waals surface area (Å²) in [5, 5.41) is 3.60. The predicted molar refractivity (Wildman–Crippen MR) is 93.9 cm³/mol. The Labute approximate surface area is 138 Å². The Morgan fingerprint density at radius 1 is 1.30 bits per heavy atom. The van der Waals surface area contributed by atoms with Crippen molar-refractivity contribution in [2.24, 2.45) is 4.99 Å². The second-order valence-electron chi connectivity index (χ2n) is 6.58. The summed E-state index contributed by atoms with van der Waals surface area (Å²) < 4.78 is 0. The maximum absolute atomic E-state index is 11.9. The van der Waals surface area contributed by atoms with Gasteiger partial charge in [0.1, 0.15) is 6.54 Å². The second-order valence-corrected chi connectivity index (χ2v) is 6.58. The standard InChI is InChI=1S/C18H26N4O/c1-21(2)17(23)13-19-18(20-15-8-4-5-9-15)22-12-11-14-7-3-6-10-16(14)22/h3,6-7,10,15H,4-5,8-9,11-13H2,1-2H3,(H,19,20). The van der Waals surface area contributed by atoms with Crippen molar-refractivity contribution in [3.05, 3.63) is 29.8 Å². The van der Waals surface area contributed by atoms with E-state index in [2.05, 4.69) is 39.5 Å². The fourth-order valence-corrected chi connectivity index (χ4v) is 3.30. The van der Waals surface area contributed by atoms with Crippen LogP contribution in [0.2, 0.25) is 0 Å². The summed E-state index contributed by atoms with van der Waals surface area (Å²) in [6.45, 7) is 1.12. The molecular formula is C18H26N4O. The lowest BCUT2D eigenvalue weighted by Gasteiger charge is -2.25. The van der Waals surface area contributed by atoms with Gasteiger partial charge in [-0.05, 0) is 30.9 Å². The minimum atomic E-state index is 0.0307. The normalized spacial score (nSPS) is 18.2. The van der Waals surface area contributed by atoms with Gasteiger partial charge in [0, 0.05) is 32.4 Å². The first-order valence-electron chi connectivity index (χ1n) is 8.52. The molecule has 1 saturated carbocycles. The van der Waals surface area contributed by atoms with Crippen LogP contribution < -0.4 is 10.2 Å². The van der Waals surface area contributed by atoms with Crippen LogP contribution in [0.15, 0.2) is 29.3 Å². The monoisotopic (exact) mass is 314 g/mol. The quantitative estimate of drug-likeness (QED) is 0.686. The zero-order valence-electron chi connectivity index (χ0n) is 14.1. The lowest BCUT2D eigenvalue weighted by molar-refractivity contribution is -0.127. The average Bonchev–Trinajstić information content (AvgIpc) is 3.20. The summed E-state index contributed by atoms with van der Waals surface area (Å²) in [6.07, 6.45) is 5.96. The van der Waals surface area contributed by atoms with E-state index in [4.69, 9.17) is 0 Å². The van der Waals surface area contributed by atoms with Crippen LogP contribution in [0.25, 0.3) is 0 Å². The molecule has 5 heteroatoms. The van der Waals surface area contributed by atoms with Gasteiger partial charge in [-0.3, -0.25) is 4.79 Å². The van der Waals surface area contributed by atoms with Crippen LogP contribution in [-0.2, 0) is 11.2 Å². The number of nitrogens with one attached hydrogen (secondary N) is 1. The van der Waals surface area contributed by atoms with Crippen molar-refractivity contribution in [3.8, 4) is 0 Å². The number of fused-ring (bicyclic) bond motifs is 1. The number of aliphatic imine (C=N–C) groups is 1. The topological polar surface area (TPSA) is 47.9 Å². The number of carbonyl (C=O) groups is 1. The van der Waals surface area contributed by atoms with E-state index >= 15 is 0 Å². The van der Waals surface area contributed by atoms with E-state index in [0.717, 1.165) is 18.9 Å². The molecule has 1 aliphatic carbocycles. The maximum atomic E-state index is 11.9. The minimum absolute atomic E-state index is 0.0307. The van der Waals surface area contributed by atoms with Gasteiger partial charge in [0.2, 0.25) is 5.91 Å². The van der Waals surface area contributed by atoms with Crippen molar-refractivity contribution in [1.82, 2.24) is 10.2 Å². The van der Waals surface area contributed by atoms with Gasteiger partial charge in [0.05, 0.1) is 0 Å². The summed E-state index contributed by atoms with van der Waals surface area (Å²) in [6, 6.07) is 8.94. The molecule has 23 heavy (non-hydrogen) atoms. The molecule has 5 nitrogen and oxygen atoms in total. The minimum Gasteiger partial charge on any atom is -0.353 e. The molecule has 1 fully saturated rings. The van der Waals surface area contributed by atoms with Crippen LogP contribution in [0, 0.1) is 0 Å². The van der Waals surface area contributed by atoms with Gasteiger partial charge in [-0.15, -0.1) is 0 Å². The Morgan fingerprint density at radius 2 is 2.04 bits per heavy atom. The number of carbonyl (C=O) groups excluding carboxylic acids is 1. The molecule has 3 rings (SSSR count). The van der Waals surface area contributed by atoms with Gasteiger partial charge in [0.25, 0.3) is 0 Å². The Bertz CT molecular complexity index is 590. The smallest absolute Gasteiger partial charge is 0.243 e. The van der Waals surface area contributed by atoms with Crippen LogP contribution in [0.4, 0.5) is 5.69 Å². The van der Waals surface area contributed by atoms with Crippen LogP contribution >= 0.6 is 0 Å². The largest absolute Gasteiger partial charge is 0.353 e. The van der Waals surface area contributed by atoms with Crippen molar-refractivity contribution < 1.29 is 4.79 Å². The number of hydrogen-bond acceptors (Lipinski definition) is 2. The molecule has 1 aromatic carbocycles. The fraction of sp³-hybridized carbons (Fsp3) is 0.556. The molecule has 0 atom stereocenters. The van der Waals surface area contributed by atoms with Gasteiger partial charge in [0.15, 0.2) is 5.96 Å². The lowest BCUT2D eigenvalue weighted by atomic mass is 10.2. The van der Waals surface area contributed by atoms with Gasteiger partial charge < -0.3 is 15.1 Å². The van der Waals surface area contributed by atoms with Crippen LogP contribution in [0.5, 0.6) is 0 Å². The Balaban J connectivity index is 1.80. The number of amides is 1. The van der Waals surface area contributed by atoms with Gasteiger partial charge >= 0.3 is 0 Å². The second kappa shape index (κ2) is 7.02. The summed E-state index contributed by atoms with van der Waals surface area (Å²) in [5.41, 5.74) is 2.57. The highest BCUT2D eigenvalue weighted by molar-refractivity contribution is 5.99. The molecule has 1 N–H and O–H groups in total. The maximum Gasteiger partial charge on any atom is 0.243 e. The van der Waals surface area contributed by atoms with Crippen molar-refractivity contribution >= 4 is 17.6 Å². The first-order chi connectivity index (χ1) is 11.1. The molecule has 0 radical (unpaired) electrons. The molecule has 0 aromatic heterocycles. The number of benzene rings is 1. The predicted octanol–water partition coefficient (Wildman–Crippen LogP) is 2.03. The third-order valence-electron chi connectivity index (χ3n) is 4.69.